The number of pyridine rings is 1. The molecule has 0 aliphatic heterocycles. The van der Waals surface area contributed by atoms with Gasteiger partial charge >= 0.3 is 12.1 Å². The first-order valence-electron chi connectivity index (χ1n) is 11.1. The molecule has 0 fully saturated rings. The molecule has 0 unspecified atom stereocenters. The van der Waals surface area contributed by atoms with Gasteiger partial charge in [-0.15, -0.1) is 10.2 Å². The number of esters is 1. The zero-order valence-electron chi connectivity index (χ0n) is 20.2. The Morgan fingerprint density at radius 2 is 2.00 bits per heavy atom. The lowest BCUT2D eigenvalue weighted by Gasteiger charge is -2.14. The quantitative estimate of drug-likeness (QED) is 0.335. The smallest absolute Gasteiger partial charge is 0.455 e. The number of anilines is 1. The van der Waals surface area contributed by atoms with E-state index in [9.17, 15) is 28.0 Å². The number of aryl methyl sites for hydroxylation is 1. The molecule has 39 heavy (non-hydrogen) atoms. The van der Waals surface area contributed by atoms with Gasteiger partial charge in [-0.3, -0.25) is 4.79 Å². The van der Waals surface area contributed by atoms with Gasteiger partial charge in [0.2, 0.25) is 0 Å². The fourth-order valence-corrected chi connectivity index (χ4v) is 3.70. The number of carbonyl (C=O) groups is 2. The summed E-state index contributed by atoms with van der Waals surface area (Å²) in [6.45, 7) is 2.88. The predicted octanol–water partition coefficient (Wildman–Crippen LogP) is 3.58. The number of benzene rings is 1. The zero-order valence-corrected chi connectivity index (χ0v) is 20.9. The number of ether oxygens (including phenoxy) is 1. The number of carbonyl (C=O) groups excluding carboxylic acids is 2. The Hall–Kier alpha value is -4.84. The van der Waals surface area contributed by atoms with E-state index in [0.29, 0.717) is 10.4 Å². The first-order valence-corrected chi connectivity index (χ1v) is 11.5. The molecule has 200 valence electrons. The van der Waals surface area contributed by atoms with E-state index in [1.807, 2.05) is 6.07 Å². The summed E-state index contributed by atoms with van der Waals surface area (Å²) in [5.74, 6) is -2.90. The standard InChI is InChI=1S/C23H17ClF3N9O3/c1-3-39-21(38)15-8-13(10-28)7-12(2)18(15)30-20(37)17-9-14(11-35-33-22(31-34-35)23(25,26)27)32-36(17)19-16(24)5-4-6-29-19/h4-9H,3,11H2,1-2H3,(H,30,37). The molecular weight excluding hydrogens is 543 g/mol. The summed E-state index contributed by atoms with van der Waals surface area (Å²) >= 11 is 6.27. The molecule has 0 aliphatic carbocycles. The second-order valence-electron chi connectivity index (χ2n) is 7.88. The van der Waals surface area contributed by atoms with Crippen LogP contribution in [0.15, 0.2) is 36.5 Å². The van der Waals surface area contributed by atoms with Crippen molar-refractivity contribution in [2.45, 2.75) is 26.6 Å². The fourth-order valence-electron chi connectivity index (χ4n) is 3.50. The molecule has 12 nitrogen and oxygen atoms in total. The topological polar surface area (TPSA) is 154 Å². The van der Waals surface area contributed by atoms with Crippen LogP contribution in [0.4, 0.5) is 18.9 Å². The molecule has 0 saturated carbocycles. The monoisotopic (exact) mass is 559 g/mol. The lowest BCUT2D eigenvalue weighted by atomic mass is 10.0. The fraction of sp³-hybridized carbons (Fsp3) is 0.217. The maximum Gasteiger partial charge on any atom is 0.455 e. The summed E-state index contributed by atoms with van der Waals surface area (Å²) in [5, 5.41) is 26.0. The number of rotatable bonds is 7. The highest BCUT2D eigenvalue weighted by atomic mass is 35.5. The van der Waals surface area contributed by atoms with Crippen LogP contribution in [0.3, 0.4) is 0 Å². The van der Waals surface area contributed by atoms with Gasteiger partial charge in [0.1, 0.15) is 12.2 Å². The SMILES string of the molecule is CCOC(=O)c1cc(C#N)cc(C)c1NC(=O)c1cc(Cn2nnc(C(F)(F)F)n2)nn1-c1ncccc1Cl. The third-order valence-corrected chi connectivity index (χ3v) is 5.44. The van der Waals surface area contributed by atoms with Crippen molar-refractivity contribution in [2.75, 3.05) is 11.9 Å². The summed E-state index contributed by atoms with van der Waals surface area (Å²) < 4.78 is 44.8. The van der Waals surface area contributed by atoms with Gasteiger partial charge in [0.05, 0.1) is 40.2 Å². The van der Waals surface area contributed by atoms with Crippen LogP contribution in [-0.4, -0.2) is 53.5 Å². The Morgan fingerprint density at radius 1 is 1.23 bits per heavy atom. The molecule has 3 heterocycles. The van der Waals surface area contributed by atoms with E-state index in [-0.39, 0.29) is 52.2 Å². The van der Waals surface area contributed by atoms with Crippen molar-refractivity contribution >= 4 is 29.2 Å². The molecule has 0 spiro atoms. The maximum atomic E-state index is 13.5. The molecule has 4 rings (SSSR count). The summed E-state index contributed by atoms with van der Waals surface area (Å²) in [7, 11) is 0. The minimum absolute atomic E-state index is 0.0459. The van der Waals surface area contributed by atoms with Gasteiger partial charge in [0.15, 0.2) is 5.82 Å². The van der Waals surface area contributed by atoms with Crippen LogP contribution in [0.25, 0.3) is 5.82 Å². The largest absolute Gasteiger partial charge is 0.462 e. The minimum atomic E-state index is -4.79. The number of nitrogens with one attached hydrogen (secondary N) is 1. The molecule has 3 aromatic heterocycles. The number of amides is 1. The van der Waals surface area contributed by atoms with Crippen molar-refractivity contribution in [3.8, 4) is 11.9 Å². The van der Waals surface area contributed by atoms with Crippen molar-refractivity contribution in [2.24, 2.45) is 0 Å². The van der Waals surface area contributed by atoms with Gasteiger partial charge in [0.25, 0.3) is 11.7 Å². The number of halogens is 4. The molecule has 0 aliphatic rings. The normalized spacial score (nSPS) is 11.2. The average Bonchev–Trinajstić information content (AvgIpc) is 3.53. The molecular formula is C23H17ClF3N9O3. The molecule has 16 heteroatoms. The van der Waals surface area contributed by atoms with E-state index in [0.717, 1.165) is 4.68 Å². The Kier molecular flexibility index (Phi) is 7.58. The highest BCUT2D eigenvalue weighted by Crippen LogP contribution is 2.27. The van der Waals surface area contributed by atoms with Crippen LogP contribution in [0.5, 0.6) is 0 Å². The molecule has 0 saturated heterocycles. The number of aromatic nitrogens is 7. The first kappa shape index (κ1) is 27.2. The van der Waals surface area contributed by atoms with Crippen LogP contribution in [0.2, 0.25) is 5.02 Å². The van der Waals surface area contributed by atoms with E-state index < -0.39 is 23.9 Å². The van der Waals surface area contributed by atoms with Crippen LogP contribution in [-0.2, 0) is 17.5 Å². The highest BCUT2D eigenvalue weighted by molar-refractivity contribution is 6.32. The Balaban J connectivity index is 1.76. The van der Waals surface area contributed by atoms with Crippen LogP contribution < -0.4 is 5.32 Å². The molecule has 4 aromatic rings. The summed E-state index contributed by atoms with van der Waals surface area (Å²) in [6, 6.07) is 9.05. The van der Waals surface area contributed by atoms with E-state index in [1.165, 1.54) is 30.5 Å². The number of nitriles is 1. The van der Waals surface area contributed by atoms with Crippen molar-refractivity contribution < 1.29 is 27.5 Å². The number of hydrogen-bond donors (Lipinski definition) is 1. The average molecular weight is 560 g/mol. The summed E-state index contributed by atoms with van der Waals surface area (Å²) in [5.41, 5.74) is 0.580. The van der Waals surface area contributed by atoms with Gasteiger partial charge in [-0.05, 0) is 55.0 Å². The minimum Gasteiger partial charge on any atom is -0.462 e. The Bertz CT molecular complexity index is 1610. The van der Waals surface area contributed by atoms with Crippen molar-refractivity contribution in [1.82, 2.24) is 35.0 Å². The predicted molar refractivity (Wildman–Crippen MR) is 128 cm³/mol. The summed E-state index contributed by atoms with van der Waals surface area (Å²) in [4.78, 5) is 30.9. The van der Waals surface area contributed by atoms with E-state index in [2.05, 4.69) is 30.8 Å². The summed E-state index contributed by atoms with van der Waals surface area (Å²) in [6.07, 6.45) is -3.39. The van der Waals surface area contributed by atoms with Crippen LogP contribution in [0.1, 0.15) is 50.4 Å². The number of alkyl halides is 3. The van der Waals surface area contributed by atoms with Crippen LogP contribution >= 0.6 is 11.6 Å². The van der Waals surface area contributed by atoms with Crippen LogP contribution in [0, 0.1) is 18.3 Å². The first-order chi connectivity index (χ1) is 18.5. The second kappa shape index (κ2) is 10.9. The molecule has 0 atom stereocenters. The van der Waals surface area contributed by atoms with Crippen molar-refractivity contribution in [3.63, 3.8) is 0 Å². The van der Waals surface area contributed by atoms with Gasteiger partial charge < -0.3 is 10.1 Å². The Labute approximate surface area is 223 Å². The van der Waals surface area contributed by atoms with Gasteiger partial charge in [-0.2, -0.15) is 28.3 Å². The van der Waals surface area contributed by atoms with Crippen molar-refractivity contribution in [3.05, 3.63) is 75.5 Å². The van der Waals surface area contributed by atoms with Gasteiger partial charge in [-0.25, -0.2) is 14.5 Å². The van der Waals surface area contributed by atoms with Gasteiger partial charge in [-0.1, -0.05) is 11.6 Å². The van der Waals surface area contributed by atoms with Gasteiger partial charge in [0, 0.05) is 6.20 Å². The third-order valence-electron chi connectivity index (χ3n) is 5.14. The number of nitrogens with zero attached hydrogens (tertiary/aromatic N) is 8. The molecule has 1 N–H and O–H groups in total. The number of tetrazole rings is 1. The second-order valence-corrected chi connectivity index (χ2v) is 8.29. The van der Waals surface area contributed by atoms with E-state index in [4.69, 9.17) is 16.3 Å². The van der Waals surface area contributed by atoms with Crippen molar-refractivity contribution in [1.29, 1.82) is 5.26 Å². The molecule has 1 aromatic carbocycles. The molecule has 1 amide bonds. The van der Waals surface area contributed by atoms with E-state index in [1.54, 1.807) is 19.9 Å². The van der Waals surface area contributed by atoms with E-state index >= 15 is 0 Å². The lowest BCUT2D eigenvalue weighted by molar-refractivity contribution is -0.145. The lowest BCUT2D eigenvalue weighted by Crippen LogP contribution is -2.20. The number of hydrogen-bond acceptors (Lipinski definition) is 9. The zero-order chi connectivity index (χ0) is 28.3. The third kappa shape index (κ3) is 5.85. The highest BCUT2D eigenvalue weighted by Gasteiger charge is 2.37. The maximum absolute atomic E-state index is 13.5. The Morgan fingerprint density at radius 3 is 2.64 bits per heavy atom. The molecule has 0 radical (unpaired) electrons. The molecule has 0 bridgehead atoms.